The molecule has 0 radical (unpaired) electrons. The van der Waals surface area contributed by atoms with Gasteiger partial charge in [-0.3, -0.25) is 9.59 Å². The summed E-state index contributed by atoms with van der Waals surface area (Å²) in [5.74, 6) is 0.471. The first-order valence-corrected chi connectivity index (χ1v) is 8.42. The quantitative estimate of drug-likeness (QED) is 0.855. The van der Waals surface area contributed by atoms with Crippen molar-refractivity contribution in [2.75, 3.05) is 13.1 Å². The topological polar surface area (TPSA) is 110 Å². The molecule has 1 aliphatic rings. The molecular formula is C17H21N3O5. The molecule has 1 aliphatic heterocycles. The molecule has 3 rings (SSSR count). The van der Waals surface area contributed by atoms with Crippen LogP contribution >= 0.6 is 0 Å². The van der Waals surface area contributed by atoms with Crippen LogP contribution in [0.1, 0.15) is 49.5 Å². The summed E-state index contributed by atoms with van der Waals surface area (Å²) in [5, 5.41) is 16.5. The van der Waals surface area contributed by atoms with Gasteiger partial charge in [0.2, 0.25) is 5.91 Å². The minimum atomic E-state index is -0.877. The Bertz CT molecular complexity index is 751. The van der Waals surface area contributed by atoms with Crippen LogP contribution in [0, 0.1) is 6.92 Å². The van der Waals surface area contributed by atoms with E-state index in [2.05, 4.69) is 10.3 Å². The number of aromatic nitrogens is 2. The molecule has 2 aromatic heterocycles. The maximum atomic E-state index is 12.3. The van der Waals surface area contributed by atoms with E-state index in [0.717, 1.165) is 24.1 Å². The Morgan fingerprint density at radius 2 is 2.20 bits per heavy atom. The Kier molecular flexibility index (Phi) is 5.16. The zero-order valence-corrected chi connectivity index (χ0v) is 14.1. The average Bonchev–Trinajstić information content (AvgIpc) is 3.23. The first kappa shape index (κ1) is 17.2. The molecular weight excluding hydrogens is 326 g/mol. The van der Waals surface area contributed by atoms with Crippen LogP contribution in [-0.2, 0) is 9.59 Å². The van der Waals surface area contributed by atoms with Crippen LogP contribution in [-0.4, -0.2) is 45.3 Å². The van der Waals surface area contributed by atoms with Crippen LogP contribution in [0.25, 0.3) is 11.3 Å². The summed E-state index contributed by atoms with van der Waals surface area (Å²) in [6, 6.07) is 1.83. The number of carbonyl (C=O) groups is 2. The number of hydrogen-bond donors (Lipinski definition) is 1. The maximum absolute atomic E-state index is 12.3. The number of hydrogen-bond acceptors (Lipinski definition) is 6. The number of nitrogens with zero attached hydrogens (tertiary/aromatic N) is 3. The molecule has 0 aliphatic carbocycles. The molecule has 25 heavy (non-hydrogen) atoms. The molecule has 8 heteroatoms. The van der Waals surface area contributed by atoms with E-state index in [1.807, 2.05) is 13.0 Å². The van der Waals surface area contributed by atoms with E-state index in [1.165, 1.54) is 0 Å². The fourth-order valence-electron chi connectivity index (χ4n) is 3.19. The van der Waals surface area contributed by atoms with Gasteiger partial charge in [0.05, 0.1) is 17.5 Å². The normalized spacial score (nSPS) is 17.6. The van der Waals surface area contributed by atoms with E-state index in [4.69, 9.17) is 14.2 Å². The number of piperidine rings is 1. The van der Waals surface area contributed by atoms with E-state index in [9.17, 15) is 9.59 Å². The second-order valence-electron chi connectivity index (χ2n) is 6.36. The lowest BCUT2D eigenvalue weighted by atomic mass is 9.92. The van der Waals surface area contributed by atoms with E-state index in [0.29, 0.717) is 31.0 Å². The van der Waals surface area contributed by atoms with E-state index < -0.39 is 5.97 Å². The van der Waals surface area contributed by atoms with Crippen molar-refractivity contribution in [3.05, 3.63) is 23.7 Å². The van der Waals surface area contributed by atoms with Gasteiger partial charge < -0.3 is 19.1 Å². The van der Waals surface area contributed by atoms with E-state index in [1.54, 1.807) is 11.1 Å². The summed E-state index contributed by atoms with van der Waals surface area (Å²) in [6.07, 6.45) is 4.01. The summed E-state index contributed by atoms with van der Waals surface area (Å²) >= 11 is 0. The summed E-state index contributed by atoms with van der Waals surface area (Å²) in [4.78, 5) is 24.7. The lowest BCUT2D eigenvalue weighted by Gasteiger charge is -2.32. The van der Waals surface area contributed by atoms with Crippen LogP contribution in [0.3, 0.4) is 0 Å². The molecule has 0 spiro atoms. The first-order valence-electron chi connectivity index (χ1n) is 8.42. The number of aryl methyl sites for hydroxylation is 1. The van der Waals surface area contributed by atoms with Crippen LogP contribution in [0.5, 0.6) is 0 Å². The molecule has 1 amide bonds. The fourth-order valence-corrected chi connectivity index (χ4v) is 3.19. The minimum absolute atomic E-state index is 0.0116. The van der Waals surface area contributed by atoms with Gasteiger partial charge in [-0.25, -0.2) is 0 Å². The number of aliphatic carboxylic acids is 1. The summed E-state index contributed by atoms with van der Waals surface area (Å²) in [5.41, 5.74) is 1.55. The smallest absolute Gasteiger partial charge is 0.303 e. The highest BCUT2D eigenvalue weighted by Crippen LogP contribution is 2.34. The molecule has 1 unspecified atom stereocenters. The predicted octanol–water partition coefficient (Wildman–Crippen LogP) is 2.60. The Labute approximate surface area is 144 Å². The third-order valence-corrected chi connectivity index (χ3v) is 4.42. The zero-order valence-electron chi connectivity index (χ0n) is 14.1. The summed E-state index contributed by atoms with van der Waals surface area (Å²) in [6.45, 7) is 3.08. The van der Waals surface area contributed by atoms with Crippen molar-refractivity contribution in [1.82, 2.24) is 15.2 Å². The predicted molar refractivity (Wildman–Crippen MR) is 86.8 cm³/mol. The van der Waals surface area contributed by atoms with E-state index in [-0.39, 0.29) is 24.7 Å². The Morgan fingerprint density at radius 3 is 2.92 bits per heavy atom. The van der Waals surface area contributed by atoms with Crippen LogP contribution in [0.4, 0.5) is 0 Å². The van der Waals surface area contributed by atoms with Gasteiger partial charge in [0.15, 0.2) is 11.5 Å². The van der Waals surface area contributed by atoms with Gasteiger partial charge in [-0.2, -0.15) is 0 Å². The molecule has 0 bridgehead atoms. The van der Waals surface area contributed by atoms with Crippen molar-refractivity contribution >= 4 is 11.9 Å². The van der Waals surface area contributed by atoms with Crippen molar-refractivity contribution in [1.29, 1.82) is 0 Å². The Hall–Kier alpha value is -2.64. The largest absolute Gasteiger partial charge is 0.481 e. The Balaban J connectivity index is 1.67. The van der Waals surface area contributed by atoms with Crippen LogP contribution < -0.4 is 0 Å². The van der Waals surface area contributed by atoms with Gasteiger partial charge in [0.25, 0.3) is 0 Å². The fraction of sp³-hybridized carbons (Fsp3) is 0.529. The number of rotatable bonds is 6. The molecule has 1 saturated heterocycles. The first-order chi connectivity index (χ1) is 12.0. The highest BCUT2D eigenvalue weighted by molar-refractivity contribution is 5.77. The van der Waals surface area contributed by atoms with Gasteiger partial charge in [-0.05, 0) is 26.2 Å². The summed E-state index contributed by atoms with van der Waals surface area (Å²) in [7, 11) is 0. The van der Waals surface area contributed by atoms with Crippen molar-refractivity contribution in [2.24, 2.45) is 0 Å². The van der Waals surface area contributed by atoms with Crippen LogP contribution in [0.2, 0.25) is 0 Å². The lowest BCUT2D eigenvalue weighted by molar-refractivity contribution is -0.137. The second kappa shape index (κ2) is 7.50. The van der Waals surface area contributed by atoms with Crippen LogP contribution in [0.15, 0.2) is 21.3 Å². The number of carbonyl (C=O) groups excluding carboxylic acids is 1. The van der Waals surface area contributed by atoms with E-state index >= 15 is 0 Å². The standard InChI is InChI=1S/C17H21N3O5/c1-11-8-14(24-19-11)13-9-18-25-17(13)12-4-3-7-20(10-12)15(21)5-2-6-16(22)23/h8-9,12H,2-7,10H2,1H3,(H,22,23). The summed E-state index contributed by atoms with van der Waals surface area (Å²) < 4.78 is 10.8. The van der Waals surface area contributed by atoms with Gasteiger partial charge in [0.1, 0.15) is 0 Å². The molecule has 1 fully saturated rings. The third-order valence-electron chi connectivity index (χ3n) is 4.42. The lowest BCUT2D eigenvalue weighted by Crippen LogP contribution is -2.39. The highest BCUT2D eigenvalue weighted by atomic mass is 16.5. The molecule has 1 atom stereocenters. The van der Waals surface area contributed by atoms with Gasteiger partial charge in [0, 0.05) is 37.9 Å². The number of amides is 1. The average molecular weight is 347 g/mol. The molecule has 8 nitrogen and oxygen atoms in total. The zero-order chi connectivity index (χ0) is 17.8. The number of carboxylic acids is 1. The molecule has 3 heterocycles. The monoisotopic (exact) mass is 347 g/mol. The third kappa shape index (κ3) is 4.07. The van der Waals surface area contributed by atoms with Crippen molar-refractivity contribution < 1.29 is 23.7 Å². The van der Waals surface area contributed by atoms with Gasteiger partial charge in [-0.15, -0.1) is 0 Å². The Morgan fingerprint density at radius 1 is 1.36 bits per heavy atom. The highest BCUT2D eigenvalue weighted by Gasteiger charge is 2.30. The molecule has 1 N–H and O–H groups in total. The SMILES string of the molecule is Cc1cc(-c2cnoc2C2CCCN(C(=O)CCCC(=O)O)C2)on1. The molecule has 2 aromatic rings. The number of likely N-dealkylation sites (tertiary alicyclic amines) is 1. The van der Waals surface area contributed by atoms with Crippen molar-refractivity contribution in [2.45, 2.75) is 44.9 Å². The van der Waals surface area contributed by atoms with Crippen molar-refractivity contribution in [3.63, 3.8) is 0 Å². The van der Waals surface area contributed by atoms with Crippen molar-refractivity contribution in [3.8, 4) is 11.3 Å². The maximum Gasteiger partial charge on any atom is 0.303 e. The van der Waals surface area contributed by atoms with Gasteiger partial charge >= 0.3 is 5.97 Å². The van der Waals surface area contributed by atoms with Gasteiger partial charge in [-0.1, -0.05) is 10.3 Å². The molecule has 0 saturated carbocycles. The molecule has 0 aromatic carbocycles. The minimum Gasteiger partial charge on any atom is -0.481 e. The number of carboxylic acid groups (broad SMARTS) is 1. The molecule has 134 valence electrons. The second-order valence-corrected chi connectivity index (χ2v) is 6.36.